The van der Waals surface area contributed by atoms with Crippen LogP contribution < -0.4 is 0 Å². The van der Waals surface area contributed by atoms with Crippen molar-refractivity contribution in [3.05, 3.63) is 107 Å². The van der Waals surface area contributed by atoms with E-state index in [1.807, 2.05) is 54.6 Å². The first-order valence-electron chi connectivity index (χ1n) is 11.8. The summed E-state index contributed by atoms with van der Waals surface area (Å²) in [5, 5.41) is 1.66. The maximum absolute atomic E-state index is 13.1. The quantitative estimate of drug-likeness (QED) is 0.231. The fraction of sp³-hybridized carbons (Fsp3) is 0.133. The van der Waals surface area contributed by atoms with Crippen molar-refractivity contribution in [2.24, 2.45) is 0 Å². The number of imide groups is 1. The van der Waals surface area contributed by atoms with E-state index >= 15 is 0 Å². The molecule has 0 saturated heterocycles. The third-order valence-corrected chi connectivity index (χ3v) is 6.91. The molecule has 6 heteroatoms. The highest BCUT2D eigenvalue weighted by Gasteiger charge is 2.36. The zero-order valence-corrected chi connectivity index (χ0v) is 19.3. The molecule has 4 aromatic rings. The Balaban J connectivity index is 1.13. The molecular weight excluding hydrogens is 454 g/mol. The summed E-state index contributed by atoms with van der Waals surface area (Å²) in [6, 6.07) is 24.1. The molecule has 0 spiro atoms. The summed E-state index contributed by atoms with van der Waals surface area (Å²) < 4.78 is 5.15. The Morgan fingerprint density at radius 2 is 1.28 bits per heavy atom. The van der Waals surface area contributed by atoms with Gasteiger partial charge in [-0.25, -0.2) is 0 Å². The number of rotatable bonds is 6. The molecular formula is C30H21NO5. The second kappa shape index (κ2) is 8.57. The highest BCUT2D eigenvalue weighted by Crippen LogP contribution is 2.38. The molecule has 2 amide bonds. The topological polar surface area (TPSA) is 80.8 Å². The van der Waals surface area contributed by atoms with Crippen molar-refractivity contribution in [1.82, 2.24) is 4.90 Å². The van der Waals surface area contributed by atoms with Gasteiger partial charge in [-0.3, -0.25) is 24.1 Å². The Hall–Kier alpha value is -4.58. The second-order valence-corrected chi connectivity index (χ2v) is 9.02. The van der Waals surface area contributed by atoms with E-state index in [1.54, 1.807) is 24.3 Å². The van der Waals surface area contributed by atoms with Gasteiger partial charge in [0.15, 0.2) is 12.4 Å². The van der Waals surface area contributed by atoms with Gasteiger partial charge in [-0.05, 0) is 52.6 Å². The van der Waals surface area contributed by atoms with Gasteiger partial charge in [-0.1, -0.05) is 66.7 Å². The van der Waals surface area contributed by atoms with E-state index in [9.17, 15) is 19.2 Å². The van der Waals surface area contributed by atoms with Crippen LogP contribution in [0.15, 0.2) is 78.9 Å². The van der Waals surface area contributed by atoms with E-state index in [2.05, 4.69) is 0 Å². The first-order chi connectivity index (χ1) is 17.5. The minimum atomic E-state index is -0.816. The van der Waals surface area contributed by atoms with Crippen LogP contribution >= 0.6 is 0 Å². The average Bonchev–Trinajstić information content (AvgIpc) is 3.35. The highest BCUT2D eigenvalue weighted by molar-refractivity contribution is 6.27. The normalized spacial score (nSPS) is 13.8. The second-order valence-electron chi connectivity index (χ2n) is 9.02. The molecule has 0 bridgehead atoms. The third kappa shape index (κ3) is 3.58. The largest absolute Gasteiger partial charge is 0.456 e. The van der Waals surface area contributed by atoms with Gasteiger partial charge in [-0.15, -0.1) is 0 Å². The molecule has 0 unspecified atom stereocenters. The number of ether oxygens (including phenoxy) is 1. The number of nitrogens with zero attached hydrogens (tertiary/aromatic N) is 1. The molecule has 6 rings (SSSR count). The number of hydrogen-bond acceptors (Lipinski definition) is 5. The van der Waals surface area contributed by atoms with Crippen LogP contribution in [-0.4, -0.2) is 41.6 Å². The van der Waals surface area contributed by atoms with Gasteiger partial charge < -0.3 is 4.74 Å². The summed E-state index contributed by atoms with van der Waals surface area (Å²) in [5.74, 6) is -2.23. The zero-order chi connectivity index (χ0) is 24.8. The van der Waals surface area contributed by atoms with Gasteiger partial charge >= 0.3 is 5.97 Å². The fourth-order valence-corrected chi connectivity index (χ4v) is 5.10. The zero-order valence-electron chi connectivity index (χ0n) is 19.3. The summed E-state index contributed by atoms with van der Waals surface area (Å²) in [6.45, 7) is -1.03. The van der Waals surface area contributed by atoms with Crippen molar-refractivity contribution < 1.29 is 23.9 Å². The predicted octanol–water partition coefficient (Wildman–Crippen LogP) is 4.63. The maximum atomic E-state index is 13.1. The van der Waals surface area contributed by atoms with Crippen LogP contribution in [0.25, 0.3) is 21.9 Å². The van der Waals surface area contributed by atoms with Crippen molar-refractivity contribution >= 4 is 34.3 Å². The lowest BCUT2D eigenvalue weighted by atomic mass is 9.91. The van der Waals surface area contributed by atoms with E-state index in [0.29, 0.717) is 22.1 Å². The molecule has 1 aliphatic carbocycles. The lowest BCUT2D eigenvalue weighted by Gasteiger charge is -2.26. The summed E-state index contributed by atoms with van der Waals surface area (Å²) in [4.78, 5) is 52.2. The van der Waals surface area contributed by atoms with Crippen molar-refractivity contribution in [2.45, 2.75) is 12.8 Å². The first-order valence-corrected chi connectivity index (χ1v) is 11.8. The molecule has 0 saturated carbocycles. The van der Waals surface area contributed by atoms with Gasteiger partial charge in [0, 0.05) is 22.1 Å². The molecule has 0 fully saturated rings. The highest BCUT2D eigenvalue weighted by atomic mass is 16.5. The molecule has 0 aromatic heterocycles. The van der Waals surface area contributed by atoms with Crippen molar-refractivity contribution in [1.29, 1.82) is 0 Å². The van der Waals surface area contributed by atoms with Crippen molar-refractivity contribution in [3.63, 3.8) is 0 Å². The lowest BCUT2D eigenvalue weighted by Crippen LogP contribution is -2.44. The number of hydrogen-bond donors (Lipinski definition) is 0. The maximum Gasteiger partial charge on any atom is 0.326 e. The Bertz CT molecular complexity index is 1510. The van der Waals surface area contributed by atoms with Crippen LogP contribution in [0.2, 0.25) is 0 Å². The Kier molecular flexibility index (Phi) is 5.22. The molecule has 36 heavy (non-hydrogen) atoms. The monoisotopic (exact) mass is 475 g/mol. The lowest BCUT2D eigenvalue weighted by molar-refractivity contribution is -0.142. The van der Waals surface area contributed by atoms with Gasteiger partial charge in [0.1, 0.15) is 6.54 Å². The van der Waals surface area contributed by atoms with E-state index in [0.717, 1.165) is 45.4 Å². The number of carbonyl (C=O) groups excluding carboxylic acids is 4. The molecule has 0 atom stereocenters. The van der Waals surface area contributed by atoms with Crippen molar-refractivity contribution in [3.8, 4) is 11.1 Å². The van der Waals surface area contributed by atoms with Gasteiger partial charge in [0.25, 0.3) is 11.8 Å². The van der Waals surface area contributed by atoms with Gasteiger partial charge in [0.05, 0.1) is 0 Å². The number of ketones is 1. The van der Waals surface area contributed by atoms with E-state index < -0.39 is 30.9 Å². The molecule has 6 nitrogen and oxygen atoms in total. The van der Waals surface area contributed by atoms with Crippen LogP contribution in [0.3, 0.4) is 0 Å². The number of Topliss-reactive ketones (excluding diaryl/α,β-unsaturated/α-hetero) is 1. The number of amides is 2. The minimum absolute atomic E-state index is 0.368. The molecule has 0 N–H and O–H groups in total. The van der Waals surface area contributed by atoms with Crippen LogP contribution in [0.4, 0.5) is 0 Å². The van der Waals surface area contributed by atoms with Crippen molar-refractivity contribution in [2.75, 3.05) is 13.2 Å². The Morgan fingerprint density at radius 3 is 1.89 bits per heavy atom. The number of esters is 1. The van der Waals surface area contributed by atoms with E-state index in [1.165, 1.54) is 0 Å². The fourth-order valence-electron chi connectivity index (χ4n) is 5.10. The number of aryl methyl sites for hydroxylation is 2. The van der Waals surface area contributed by atoms with Crippen LogP contribution in [0, 0.1) is 0 Å². The molecule has 1 heterocycles. The summed E-state index contributed by atoms with van der Waals surface area (Å²) in [7, 11) is 0. The summed E-state index contributed by atoms with van der Waals surface area (Å²) in [6.07, 6.45) is 1.77. The first kappa shape index (κ1) is 21.9. The summed E-state index contributed by atoms with van der Waals surface area (Å²) in [5.41, 5.74) is 5.50. The third-order valence-electron chi connectivity index (χ3n) is 6.91. The minimum Gasteiger partial charge on any atom is -0.456 e. The van der Waals surface area contributed by atoms with Crippen LogP contribution in [0.1, 0.15) is 42.2 Å². The van der Waals surface area contributed by atoms with Gasteiger partial charge in [0.2, 0.25) is 0 Å². The standard InChI is InChI=1S/C30H21NO5/c32-25(20-8-6-19(7-9-20)18-4-2-1-3-5-18)17-36-26(33)16-31-29(34)23-14-12-21-10-11-22-13-15-24(30(31)35)28(23)27(21)22/h1-9,12-15H,10-11,16-17H2. The Morgan fingerprint density at radius 1 is 0.694 bits per heavy atom. The average molecular weight is 476 g/mol. The van der Waals surface area contributed by atoms with E-state index in [4.69, 9.17) is 4.74 Å². The number of carbonyl (C=O) groups is 4. The Labute approximate surface area is 207 Å². The molecule has 4 aromatic carbocycles. The predicted molar refractivity (Wildman–Crippen MR) is 134 cm³/mol. The SMILES string of the molecule is O=C(CN1C(=O)c2ccc3c4c(ccc(c24)C1=O)CC3)OCC(=O)c1ccc(-c2ccccc2)cc1. The smallest absolute Gasteiger partial charge is 0.326 e. The number of benzene rings is 4. The van der Waals surface area contributed by atoms with Crippen LogP contribution in [-0.2, 0) is 22.4 Å². The van der Waals surface area contributed by atoms with Crippen LogP contribution in [0.5, 0.6) is 0 Å². The molecule has 176 valence electrons. The summed E-state index contributed by atoms with van der Waals surface area (Å²) >= 11 is 0. The van der Waals surface area contributed by atoms with E-state index in [-0.39, 0.29) is 5.78 Å². The molecule has 2 aliphatic rings. The molecule has 0 radical (unpaired) electrons. The van der Waals surface area contributed by atoms with Gasteiger partial charge in [-0.2, -0.15) is 0 Å². The molecule has 1 aliphatic heterocycles.